The van der Waals surface area contributed by atoms with Crippen molar-refractivity contribution >= 4 is 0 Å². The van der Waals surface area contributed by atoms with E-state index in [1.807, 2.05) is 0 Å². The molecule has 1 aliphatic rings. The average Bonchev–Trinajstić information content (AvgIpc) is 2.05. The van der Waals surface area contributed by atoms with Crippen LogP contribution in [0.15, 0.2) is 0 Å². The Morgan fingerprint density at radius 2 is 1.82 bits per heavy atom. The van der Waals surface area contributed by atoms with Crippen LogP contribution in [-0.2, 0) is 0 Å². The summed E-state index contributed by atoms with van der Waals surface area (Å²) in [5.41, 5.74) is 11.2. The van der Waals surface area contributed by atoms with Crippen LogP contribution in [0.5, 0.6) is 0 Å². The Morgan fingerprint density at radius 3 is 2.27 bits per heavy atom. The normalized spacial score (nSPS) is 35.2. The first-order chi connectivity index (χ1) is 5.24. The molecule has 11 heavy (non-hydrogen) atoms. The number of hydrogen-bond acceptors (Lipinski definition) is 3. The van der Waals surface area contributed by atoms with E-state index in [4.69, 9.17) is 11.5 Å². The molecule has 3 nitrogen and oxygen atoms in total. The lowest BCUT2D eigenvalue weighted by molar-refractivity contribution is 0.102. The molecule has 0 saturated heterocycles. The molecule has 1 aliphatic carbocycles. The molecule has 3 heteroatoms. The van der Waals surface area contributed by atoms with Crippen molar-refractivity contribution in [3.05, 3.63) is 0 Å². The summed E-state index contributed by atoms with van der Waals surface area (Å²) in [5.74, 6) is 0.545. The van der Waals surface area contributed by atoms with E-state index in [0.717, 1.165) is 25.7 Å². The quantitative estimate of drug-likeness (QED) is 0.522. The van der Waals surface area contributed by atoms with Crippen molar-refractivity contribution in [2.45, 2.75) is 37.8 Å². The minimum Gasteiger partial charge on any atom is -0.393 e. The average molecular weight is 158 g/mol. The highest BCUT2D eigenvalue weighted by molar-refractivity contribution is 4.79. The van der Waals surface area contributed by atoms with Gasteiger partial charge >= 0.3 is 0 Å². The van der Waals surface area contributed by atoms with E-state index in [1.54, 1.807) is 0 Å². The summed E-state index contributed by atoms with van der Waals surface area (Å²) < 4.78 is 0. The fourth-order valence-corrected chi connectivity index (χ4v) is 1.72. The molecular formula is C8H18N2O. The number of nitrogens with two attached hydrogens (primary N) is 2. The van der Waals surface area contributed by atoms with Crippen LogP contribution in [0.25, 0.3) is 0 Å². The van der Waals surface area contributed by atoms with Crippen LogP contribution >= 0.6 is 0 Å². The van der Waals surface area contributed by atoms with Crippen LogP contribution in [0, 0.1) is 5.92 Å². The van der Waals surface area contributed by atoms with Gasteiger partial charge in [-0.25, -0.2) is 0 Å². The first kappa shape index (κ1) is 8.97. The molecule has 0 bridgehead atoms. The van der Waals surface area contributed by atoms with Crippen molar-refractivity contribution in [2.24, 2.45) is 17.4 Å². The van der Waals surface area contributed by atoms with Crippen molar-refractivity contribution in [2.75, 3.05) is 6.54 Å². The maximum absolute atomic E-state index is 9.21. The summed E-state index contributed by atoms with van der Waals surface area (Å²) in [6.07, 6.45) is 3.80. The molecule has 0 heterocycles. The van der Waals surface area contributed by atoms with Crippen LogP contribution in [-0.4, -0.2) is 23.8 Å². The second-order valence-corrected chi connectivity index (χ2v) is 3.47. The number of aliphatic hydroxyl groups is 1. The van der Waals surface area contributed by atoms with Gasteiger partial charge in [-0.15, -0.1) is 0 Å². The van der Waals surface area contributed by atoms with Gasteiger partial charge < -0.3 is 16.6 Å². The third-order valence-electron chi connectivity index (χ3n) is 2.62. The first-order valence-corrected chi connectivity index (χ1v) is 4.37. The summed E-state index contributed by atoms with van der Waals surface area (Å²) in [4.78, 5) is 0. The molecule has 1 rings (SSSR count). The predicted molar refractivity (Wildman–Crippen MR) is 45.0 cm³/mol. The smallest absolute Gasteiger partial charge is 0.0540 e. The molecule has 66 valence electrons. The Balaban J connectivity index is 2.27. The Morgan fingerprint density at radius 1 is 1.27 bits per heavy atom. The third kappa shape index (κ3) is 2.43. The van der Waals surface area contributed by atoms with Crippen LogP contribution in [0.3, 0.4) is 0 Å². The highest BCUT2D eigenvalue weighted by atomic mass is 16.3. The Labute approximate surface area is 67.8 Å². The summed E-state index contributed by atoms with van der Waals surface area (Å²) in [5, 5.41) is 9.21. The fraction of sp³-hybridized carbons (Fsp3) is 1.00. The number of rotatable bonds is 2. The van der Waals surface area contributed by atoms with Gasteiger partial charge in [-0.3, -0.25) is 0 Å². The van der Waals surface area contributed by atoms with Gasteiger partial charge in [-0.2, -0.15) is 0 Å². The molecule has 0 spiro atoms. The Hall–Kier alpha value is -0.120. The van der Waals surface area contributed by atoms with Crippen LogP contribution in [0.4, 0.5) is 0 Å². The molecule has 1 fully saturated rings. The number of aliphatic hydroxyl groups excluding tert-OH is 1. The van der Waals surface area contributed by atoms with Crippen LogP contribution in [0.2, 0.25) is 0 Å². The molecular weight excluding hydrogens is 140 g/mol. The van der Waals surface area contributed by atoms with Crippen molar-refractivity contribution in [3.8, 4) is 0 Å². The standard InChI is InChI=1S/C8H18N2O/c9-5-8(10)6-1-3-7(11)4-2-6/h6-8,11H,1-5,9-10H2. The van der Waals surface area contributed by atoms with Gasteiger partial charge in [-0.05, 0) is 31.6 Å². The minimum absolute atomic E-state index is 0.0868. The molecule has 1 atom stereocenters. The largest absolute Gasteiger partial charge is 0.393 e. The SMILES string of the molecule is NCC(N)C1CCC(O)CC1. The topological polar surface area (TPSA) is 72.3 Å². The van der Waals surface area contributed by atoms with E-state index >= 15 is 0 Å². The molecule has 0 aromatic rings. The van der Waals surface area contributed by atoms with Gasteiger partial charge in [-0.1, -0.05) is 0 Å². The molecule has 0 amide bonds. The summed E-state index contributed by atoms with van der Waals surface area (Å²) in [7, 11) is 0. The Kier molecular flexibility index (Phi) is 3.30. The predicted octanol–water partition coefficient (Wildman–Crippen LogP) is -0.177. The van der Waals surface area contributed by atoms with Crippen molar-refractivity contribution in [1.82, 2.24) is 0 Å². The summed E-state index contributed by atoms with van der Waals surface area (Å²) in [6, 6.07) is 0.141. The first-order valence-electron chi connectivity index (χ1n) is 4.37. The highest BCUT2D eigenvalue weighted by Crippen LogP contribution is 2.25. The van der Waals surface area contributed by atoms with Crippen LogP contribution in [0.1, 0.15) is 25.7 Å². The van der Waals surface area contributed by atoms with E-state index in [9.17, 15) is 5.11 Å². The van der Waals surface area contributed by atoms with Gasteiger partial charge in [0.05, 0.1) is 6.10 Å². The van der Waals surface area contributed by atoms with Crippen LogP contribution < -0.4 is 11.5 Å². The lowest BCUT2D eigenvalue weighted by atomic mass is 9.83. The van der Waals surface area contributed by atoms with Crippen molar-refractivity contribution in [3.63, 3.8) is 0 Å². The van der Waals surface area contributed by atoms with Crippen molar-refractivity contribution in [1.29, 1.82) is 0 Å². The van der Waals surface area contributed by atoms with Crippen molar-refractivity contribution < 1.29 is 5.11 Å². The summed E-state index contributed by atoms with van der Waals surface area (Å²) in [6.45, 7) is 0.570. The molecule has 0 aromatic carbocycles. The van der Waals surface area contributed by atoms with Gasteiger partial charge in [0.15, 0.2) is 0 Å². The zero-order chi connectivity index (χ0) is 8.27. The molecule has 0 aliphatic heterocycles. The van der Waals surface area contributed by atoms with E-state index in [1.165, 1.54) is 0 Å². The zero-order valence-corrected chi connectivity index (χ0v) is 6.87. The number of hydrogen-bond donors (Lipinski definition) is 3. The van der Waals surface area contributed by atoms with Gasteiger partial charge in [0.25, 0.3) is 0 Å². The van der Waals surface area contributed by atoms with Gasteiger partial charge in [0.2, 0.25) is 0 Å². The maximum atomic E-state index is 9.21. The lowest BCUT2D eigenvalue weighted by Crippen LogP contribution is -2.39. The van der Waals surface area contributed by atoms with E-state index in [2.05, 4.69) is 0 Å². The molecule has 0 radical (unpaired) electrons. The summed E-state index contributed by atoms with van der Waals surface area (Å²) >= 11 is 0. The zero-order valence-electron chi connectivity index (χ0n) is 6.87. The van der Waals surface area contributed by atoms with E-state index in [-0.39, 0.29) is 12.1 Å². The highest BCUT2D eigenvalue weighted by Gasteiger charge is 2.23. The van der Waals surface area contributed by atoms with Gasteiger partial charge in [0.1, 0.15) is 0 Å². The van der Waals surface area contributed by atoms with E-state index < -0.39 is 0 Å². The maximum Gasteiger partial charge on any atom is 0.0540 e. The monoisotopic (exact) mass is 158 g/mol. The molecule has 1 saturated carbocycles. The second-order valence-electron chi connectivity index (χ2n) is 3.47. The molecule has 0 aromatic heterocycles. The second kappa shape index (κ2) is 4.04. The lowest BCUT2D eigenvalue weighted by Gasteiger charge is -2.29. The molecule has 1 unspecified atom stereocenters. The molecule has 5 N–H and O–H groups in total. The van der Waals surface area contributed by atoms with Gasteiger partial charge in [0, 0.05) is 12.6 Å². The third-order valence-corrected chi connectivity index (χ3v) is 2.62. The Bertz CT molecular complexity index is 111. The minimum atomic E-state index is -0.0868. The van der Waals surface area contributed by atoms with E-state index in [0.29, 0.717) is 12.5 Å². The fourth-order valence-electron chi connectivity index (χ4n) is 1.72.